The van der Waals surface area contributed by atoms with Gasteiger partial charge in [-0.05, 0) is 30.3 Å². The Morgan fingerprint density at radius 1 is 1.25 bits per heavy atom. The van der Waals surface area contributed by atoms with Crippen LogP contribution < -0.4 is 15.6 Å². The summed E-state index contributed by atoms with van der Waals surface area (Å²) in [5.74, 6) is 0.441. The van der Waals surface area contributed by atoms with E-state index in [1.807, 2.05) is 5.38 Å². The highest BCUT2D eigenvalue weighted by atomic mass is 32.1. The number of benzene rings is 1. The van der Waals surface area contributed by atoms with E-state index in [2.05, 4.69) is 10.3 Å². The fraction of sp³-hybridized carbons (Fsp3) is 0.118. The molecule has 0 fully saturated rings. The van der Waals surface area contributed by atoms with Crippen LogP contribution in [0.5, 0.6) is 5.75 Å². The number of nitrogens with zero attached hydrogens (tertiary/aromatic N) is 2. The maximum Gasteiger partial charge on any atom is 0.255 e. The first-order chi connectivity index (χ1) is 11.7. The van der Waals surface area contributed by atoms with Crippen molar-refractivity contribution in [3.63, 3.8) is 0 Å². The molecule has 0 unspecified atom stereocenters. The number of amides is 1. The van der Waals surface area contributed by atoms with Gasteiger partial charge in [-0.3, -0.25) is 14.2 Å². The van der Waals surface area contributed by atoms with Gasteiger partial charge in [0.15, 0.2) is 0 Å². The Morgan fingerprint density at radius 3 is 2.71 bits per heavy atom. The summed E-state index contributed by atoms with van der Waals surface area (Å²) in [6.07, 6.45) is 3.22. The van der Waals surface area contributed by atoms with Gasteiger partial charge < -0.3 is 10.1 Å². The van der Waals surface area contributed by atoms with Gasteiger partial charge >= 0.3 is 0 Å². The van der Waals surface area contributed by atoms with Crippen LogP contribution in [-0.2, 0) is 6.54 Å². The van der Waals surface area contributed by atoms with Crippen LogP contribution in [0.2, 0.25) is 0 Å². The standard InChI is InChI=1S/C17H15N3O3S/c1-23-14-5-3-13(4-6-14)20-11-12(2-7-16(20)21)17(22)19-10-15-18-8-9-24-15/h2-9,11H,10H2,1H3,(H,19,22). The first kappa shape index (κ1) is 15.9. The lowest BCUT2D eigenvalue weighted by Crippen LogP contribution is -2.25. The van der Waals surface area contributed by atoms with Crippen LogP contribution in [0.4, 0.5) is 0 Å². The molecule has 2 heterocycles. The van der Waals surface area contributed by atoms with Crippen molar-refractivity contribution < 1.29 is 9.53 Å². The minimum Gasteiger partial charge on any atom is -0.497 e. The largest absolute Gasteiger partial charge is 0.497 e. The van der Waals surface area contributed by atoms with E-state index in [0.29, 0.717) is 23.5 Å². The number of rotatable bonds is 5. The Labute approximate surface area is 142 Å². The van der Waals surface area contributed by atoms with Crippen molar-refractivity contribution in [1.29, 1.82) is 0 Å². The average molecular weight is 341 g/mol. The smallest absolute Gasteiger partial charge is 0.255 e. The topological polar surface area (TPSA) is 73.2 Å². The van der Waals surface area contributed by atoms with Gasteiger partial charge in [-0.2, -0.15) is 0 Å². The Bertz CT molecular complexity index is 886. The van der Waals surface area contributed by atoms with Gasteiger partial charge in [0.05, 0.1) is 19.2 Å². The summed E-state index contributed by atoms with van der Waals surface area (Å²) >= 11 is 1.47. The van der Waals surface area contributed by atoms with Crippen LogP contribution in [-0.4, -0.2) is 22.6 Å². The van der Waals surface area contributed by atoms with Crippen LogP contribution in [0.25, 0.3) is 5.69 Å². The molecule has 6 nitrogen and oxygen atoms in total. The van der Waals surface area contributed by atoms with E-state index in [0.717, 1.165) is 5.01 Å². The first-order valence-electron chi connectivity index (χ1n) is 7.21. The van der Waals surface area contributed by atoms with Crippen LogP contribution in [0.1, 0.15) is 15.4 Å². The molecule has 0 aliphatic rings. The van der Waals surface area contributed by atoms with E-state index in [4.69, 9.17) is 4.74 Å². The van der Waals surface area contributed by atoms with Gasteiger partial charge in [0.25, 0.3) is 11.5 Å². The van der Waals surface area contributed by atoms with E-state index in [9.17, 15) is 9.59 Å². The molecule has 3 aromatic rings. The molecule has 0 bridgehead atoms. The molecule has 0 saturated heterocycles. The Morgan fingerprint density at radius 2 is 2.04 bits per heavy atom. The number of ether oxygens (including phenoxy) is 1. The van der Waals surface area contributed by atoms with Crippen LogP contribution in [0, 0.1) is 0 Å². The fourth-order valence-corrected chi connectivity index (χ4v) is 2.72. The van der Waals surface area contributed by atoms with Crippen molar-refractivity contribution in [2.75, 3.05) is 7.11 Å². The zero-order valence-electron chi connectivity index (χ0n) is 12.9. The highest BCUT2D eigenvalue weighted by Crippen LogP contribution is 2.14. The van der Waals surface area contributed by atoms with Gasteiger partial charge in [-0.1, -0.05) is 0 Å². The minimum atomic E-state index is -0.257. The molecule has 1 aromatic carbocycles. The van der Waals surface area contributed by atoms with Crippen LogP contribution in [0.15, 0.2) is 59.0 Å². The fourth-order valence-electron chi connectivity index (χ4n) is 2.16. The van der Waals surface area contributed by atoms with Gasteiger partial charge in [0.1, 0.15) is 10.8 Å². The second-order valence-electron chi connectivity index (χ2n) is 4.93. The molecule has 0 saturated carbocycles. The molecule has 7 heteroatoms. The number of hydrogen-bond donors (Lipinski definition) is 1. The second kappa shape index (κ2) is 7.10. The minimum absolute atomic E-state index is 0.211. The lowest BCUT2D eigenvalue weighted by atomic mass is 10.2. The van der Waals surface area contributed by atoms with E-state index < -0.39 is 0 Å². The van der Waals surface area contributed by atoms with Crippen molar-refractivity contribution in [2.45, 2.75) is 6.54 Å². The molecule has 0 radical (unpaired) electrons. The van der Waals surface area contributed by atoms with Gasteiger partial charge in [-0.25, -0.2) is 4.98 Å². The SMILES string of the molecule is COc1ccc(-n2cc(C(=O)NCc3nccs3)ccc2=O)cc1. The number of thiazole rings is 1. The summed E-state index contributed by atoms with van der Waals surface area (Å²) in [7, 11) is 1.58. The van der Waals surface area contributed by atoms with Gasteiger partial charge in [0.2, 0.25) is 0 Å². The number of hydrogen-bond acceptors (Lipinski definition) is 5. The summed E-state index contributed by atoms with van der Waals surface area (Å²) < 4.78 is 6.54. The molecule has 2 aromatic heterocycles. The summed E-state index contributed by atoms with van der Waals surface area (Å²) in [6.45, 7) is 0.359. The zero-order chi connectivity index (χ0) is 16.9. The Hall–Kier alpha value is -2.93. The van der Waals surface area contributed by atoms with E-state index in [1.54, 1.807) is 37.6 Å². The van der Waals surface area contributed by atoms with Crippen molar-refractivity contribution in [3.8, 4) is 11.4 Å². The molecule has 0 atom stereocenters. The molecule has 1 amide bonds. The zero-order valence-corrected chi connectivity index (χ0v) is 13.7. The third-order valence-electron chi connectivity index (χ3n) is 3.41. The quantitative estimate of drug-likeness (QED) is 0.772. The molecule has 3 rings (SSSR count). The highest BCUT2D eigenvalue weighted by Gasteiger charge is 2.09. The number of nitrogens with one attached hydrogen (secondary N) is 1. The van der Waals surface area contributed by atoms with Gasteiger partial charge in [0, 0.05) is 29.5 Å². The van der Waals surface area contributed by atoms with Gasteiger partial charge in [-0.15, -0.1) is 11.3 Å². The average Bonchev–Trinajstić information content (AvgIpc) is 3.14. The monoisotopic (exact) mass is 341 g/mol. The highest BCUT2D eigenvalue weighted by molar-refractivity contribution is 7.09. The van der Waals surface area contributed by atoms with Crippen molar-refractivity contribution in [2.24, 2.45) is 0 Å². The molecule has 1 N–H and O–H groups in total. The van der Waals surface area contributed by atoms with Crippen LogP contribution in [0.3, 0.4) is 0 Å². The van der Waals surface area contributed by atoms with E-state index in [1.165, 1.54) is 34.2 Å². The number of carbonyl (C=O) groups excluding carboxylic acids is 1. The normalized spacial score (nSPS) is 10.4. The first-order valence-corrected chi connectivity index (χ1v) is 8.09. The van der Waals surface area contributed by atoms with Crippen molar-refractivity contribution >= 4 is 17.2 Å². The maximum atomic E-state index is 12.3. The lowest BCUT2D eigenvalue weighted by molar-refractivity contribution is 0.0950. The summed E-state index contributed by atoms with van der Waals surface area (Å²) in [5.41, 5.74) is 0.856. The van der Waals surface area contributed by atoms with Crippen LogP contribution >= 0.6 is 11.3 Å². The lowest BCUT2D eigenvalue weighted by Gasteiger charge is -2.09. The number of pyridine rings is 1. The van der Waals surface area contributed by atoms with E-state index >= 15 is 0 Å². The second-order valence-corrected chi connectivity index (χ2v) is 5.91. The summed E-state index contributed by atoms with van der Waals surface area (Å²) in [6, 6.07) is 9.94. The maximum absolute atomic E-state index is 12.3. The molecular weight excluding hydrogens is 326 g/mol. The number of methoxy groups -OCH3 is 1. The summed E-state index contributed by atoms with van der Waals surface area (Å²) in [4.78, 5) is 28.5. The van der Waals surface area contributed by atoms with Crippen molar-refractivity contribution in [1.82, 2.24) is 14.9 Å². The Kier molecular flexibility index (Phi) is 4.72. The predicted molar refractivity (Wildman–Crippen MR) is 91.9 cm³/mol. The third-order valence-corrected chi connectivity index (χ3v) is 4.19. The molecular formula is C17H15N3O3S. The van der Waals surface area contributed by atoms with Crippen molar-refractivity contribution in [3.05, 3.63) is 75.1 Å². The third kappa shape index (κ3) is 3.52. The number of aromatic nitrogens is 2. The number of carbonyl (C=O) groups is 1. The Balaban J connectivity index is 1.82. The molecule has 0 aliphatic heterocycles. The summed E-state index contributed by atoms with van der Waals surface area (Å²) in [5, 5.41) is 5.47. The van der Waals surface area contributed by atoms with E-state index in [-0.39, 0.29) is 11.5 Å². The molecule has 122 valence electrons. The molecule has 24 heavy (non-hydrogen) atoms. The predicted octanol–water partition coefficient (Wildman–Crippen LogP) is 2.23. The molecule has 0 spiro atoms. The molecule has 0 aliphatic carbocycles.